The molecule has 144 valence electrons. The molecule has 0 heterocycles. The molecule has 27 heavy (non-hydrogen) atoms. The molecule has 0 aromatic heterocycles. The van der Waals surface area contributed by atoms with Crippen molar-refractivity contribution < 1.29 is 28.5 Å². The Morgan fingerprint density at radius 1 is 0.889 bits per heavy atom. The van der Waals surface area contributed by atoms with E-state index in [9.17, 15) is 9.59 Å². The summed E-state index contributed by atoms with van der Waals surface area (Å²) in [5.41, 5.74) is 0.904. The molecule has 0 spiro atoms. The van der Waals surface area contributed by atoms with E-state index >= 15 is 0 Å². The first-order chi connectivity index (χ1) is 12.9. The molecule has 0 saturated carbocycles. The van der Waals surface area contributed by atoms with Crippen LogP contribution in [0.5, 0.6) is 17.2 Å². The molecular formula is C19H18Cl2O6. The van der Waals surface area contributed by atoms with E-state index in [1.165, 1.54) is 39.5 Å². The van der Waals surface area contributed by atoms with Crippen molar-refractivity contribution in [1.29, 1.82) is 0 Å². The number of ether oxygens (including phenoxy) is 4. The molecule has 0 saturated heterocycles. The second-order valence-corrected chi connectivity index (χ2v) is 6.24. The quantitative estimate of drug-likeness (QED) is 0.482. The Bertz CT molecular complexity index is 825. The van der Waals surface area contributed by atoms with E-state index in [-0.39, 0.29) is 17.2 Å². The molecule has 0 aliphatic carbocycles. The molecule has 0 amide bonds. The lowest BCUT2D eigenvalue weighted by molar-refractivity contribution is -0.141. The van der Waals surface area contributed by atoms with Gasteiger partial charge in [0.1, 0.15) is 0 Å². The first kappa shape index (κ1) is 20.9. The predicted molar refractivity (Wildman–Crippen MR) is 102 cm³/mol. The van der Waals surface area contributed by atoms with E-state index in [1.54, 1.807) is 12.1 Å². The Morgan fingerprint density at radius 2 is 1.52 bits per heavy atom. The van der Waals surface area contributed by atoms with Crippen LogP contribution in [0.4, 0.5) is 0 Å². The number of methoxy groups -OCH3 is 3. The molecule has 6 nitrogen and oxygen atoms in total. The van der Waals surface area contributed by atoms with Gasteiger partial charge < -0.3 is 18.9 Å². The molecule has 8 heteroatoms. The zero-order chi connectivity index (χ0) is 20.0. The maximum absolute atomic E-state index is 12.1. The fourth-order valence-electron chi connectivity index (χ4n) is 2.35. The number of ketones is 1. The van der Waals surface area contributed by atoms with Gasteiger partial charge in [-0.15, -0.1) is 0 Å². The van der Waals surface area contributed by atoms with Crippen LogP contribution in [0.1, 0.15) is 15.9 Å². The molecular weight excluding hydrogens is 395 g/mol. The summed E-state index contributed by atoms with van der Waals surface area (Å²) in [6.45, 7) is -0.402. The number of hydrogen-bond donors (Lipinski definition) is 0. The van der Waals surface area contributed by atoms with Gasteiger partial charge in [0.15, 0.2) is 23.9 Å². The maximum atomic E-state index is 12.1. The summed E-state index contributed by atoms with van der Waals surface area (Å²) >= 11 is 11.7. The summed E-state index contributed by atoms with van der Waals surface area (Å²) in [5, 5.41) is 0.596. The average molecular weight is 413 g/mol. The molecule has 0 bridgehead atoms. The van der Waals surface area contributed by atoms with Crippen LogP contribution in [0.25, 0.3) is 0 Å². The highest BCUT2D eigenvalue weighted by Crippen LogP contribution is 2.38. The molecule has 2 aromatic carbocycles. The number of Topliss-reactive ketones (excluding diaryl/α,β-unsaturated/α-hetero) is 1. The zero-order valence-corrected chi connectivity index (χ0v) is 16.5. The standard InChI is InChI=1S/C19H18Cl2O6/c1-24-16-6-11(7-17(25-2)19(16)26-3)8-18(23)27-10-15(22)12-4-5-13(20)14(21)9-12/h4-7,9H,8,10H2,1-3H3. The molecule has 2 aromatic rings. The fourth-order valence-corrected chi connectivity index (χ4v) is 2.65. The highest BCUT2D eigenvalue weighted by atomic mass is 35.5. The van der Waals surface area contributed by atoms with Crippen molar-refractivity contribution in [2.45, 2.75) is 6.42 Å². The molecule has 0 unspecified atom stereocenters. The number of benzene rings is 2. The van der Waals surface area contributed by atoms with Crippen LogP contribution < -0.4 is 14.2 Å². The van der Waals surface area contributed by atoms with E-state index in [0.29, 0.717) is 33.4 Å². The van der Waals surface area contributed by atoms with Gasteiger partial charge in [-0.3, -0.25) is 9.59 Å². The number of hydrogen-bond acceptors (Lipinski definition) is 6. The van der Waals surface area contributed by atoms with Gasteiger partial charge in [0, 0.05) is 5.56 Å². The van der Waals surface area contributed by atoms with Gasteiger partial charge in [-0.1, -0.05) is 23.2 Å². The van der Waals surface area contributed by atoms with E-state index in [4.69, 9.17) is 42.1 Å². The van der Waals surface area contributed by atoms with Gasteiger partial charge in [-0.25, -0.2) is 0 Å². The SMILES string of the molecule is COc1cc(CC(=O)OCC(=O)c2ccc(Cl)c(Cl)c2)cc(OC)c1OC. The third-order valence-corrected chi connectivity index (χ3v) is 4.42. The molecule has 0 aliphatic rings. The van der Waals surface area contributed by atoms with Crippen LogP contribution in [-0.2, 0) is 16.0 Å². The average Bonchev–Trinajstić information content (AvgIpc) is 2.67. The lowest BCUT2D eigenvalue weighted by Gasteiger charge is -2.14. The molecule has 0 atom stereocenters. The second kappa shape index (κ2) is 9.48. The fraction of sp³-hybridized carbons (Fsp3) is 0.263. The molecule has 0 aliphatic heterocycles. The summed E-state index contributed by atoms with van der Waals surface area (Å²) in [6, 6.07) is 7.74. The van der Waals surface area contributed by atoms with Crippen LogP contribution in [0.15, 0.2) is 30.3 Å². The van der Waals surface area contributed by atoms with Gasteiger partial charge in [0.25, 0.3) is 0 Å². The lowest BCUT2D eigenvalue weighted by Crippen LogP contribution is -2.16. The van der Waals surface area contributed by atoms with Gasteiger partial charge in [0.05, 0.1) is 37.8 Å². The summed E-state index contributed by atoms with van der Waals surface area (Å²) in [4.78, 5) is 24.2. The molecule has 0 fully saturated rings. The van der Waals surface area contributed by atoms with Crippen molar-refractivity contribution in [1.82, 2.24) is 0 Å². The van der Waals surface area contributed by atoms with Crippen LogP contribution in [0.2, 0.25) is 10.0 Å². The van der Waals surface area contributed by atoms with Crippen molar-refractivity contribution in [3.05, 3.63) is 51.5 Å². The highest BCUT2D eigenvalue weighted by Gasteiger charge is 2.16. The van der Waals surface area contributed by atoms with E-state index in [0.717, 1.165) is 0 Å². The third-order valence-electron chi connectivity index (χ3n) is 3.68. The number of halogens is 2. The monoisotopic (exact) mass is 412 g/mol. The largest absolute Gasteiger partial charge is 0.493 e. The Balaban J connectivity index is 2.03. The van der Waals surface area contributed by atoms with Crippen LogP contribution >= 0.6 is 23.2 Å². The second-order valence-electron chi connectivity index (χ2n) is 5.42. The highest BCUT2D eigenvalue weighted by molar-refractivity contribution is 6.42. The van der Waals surface area contributed by atoms with E-state index < -0.39 is 12.6 Å². The van der Waals surface area contributed by atoms with Gasteiger partial charge in [-0.05, 0) is 35.9 Å². The Morgan fingerprint density at radius 3 is 2.04 bits per heavy atom. The van der Waals surface area contributed by atoms with Crippen molar-refractivity contribution in [2.75, 3.05) is 27.9 Å². The Hall–Kier alpha value is -2.44. The molecule has 0 N–H and O–H groups in total. The van der Waals surface area contributed by atoms with Crippen LogP contribution in [-0.4, -0.2) is 39.7 Å². The van der Waals surface area contributed by atoms with Crippen molar-refractivity contribution in [2.24, 2.45) is 0 Å². The lowest BCUT2D eigenvalue weighted by atomic mass is 10.1. The van der Waals surface area contributed by atoms with Crippen LogP contribution in [0, 0.1) is 0 Å². The minimum Gasteiger partial charge on any atom is -0.493 e. The minimum absolute atomic E-state index is 0.0641. The Labute approximate surface area is 166 Å². The Kier molecular flexibility index (Phi) is 7.33. The van der Waals surface area contributed by atoms with Crippen molar-refractivity contribution >= 4 is 35.0 Å². The number of carbonyl (C=O) groups is 2. The number of carbonyl (C=O) groups excluding carboxylic acids is 2. The van der Waals surface area contributed by atoms with Crippen LogP contribution in [0.3, 0.4) is 0 Å². The zero-order valence-electron chi connectivity index (χ0n) is 15.0. The summed E-state index contributed by atoms with van der Waals surface area (Å²) in [5.74, 6) is 0.314. The topological polar surface area (TPSA) is 71.1 Å². The van der Waals surface area contributed by atoms with Gasteiger partial charge in [-0.2, -0.15) is 0 Å². The van der Waals surface area contributed by atoms with Crippen molar-refractivity contribution in [3.8, 4) is 17.2 Å². The predicted octanol–water partition coefficient (Wildman–Crippen LogP) is 3.99. The first-order valence-electron chi connectivity index (χ1n) is 7.82. The summed E-state index contributed by atoms with van der Waals surface area (Å²) in [7, 11) is 4.45. The normalized spacial score (nSPS) is 10.3. The molecule has 0 radical (unpaired) electrons. The summed E-state index contributed by atoms with van der Waals surface area (Å²) in [6.07, 6.45) is -0.0641. The molecule has 2 rings (SSSR count). The number of rotatable bonds is 8. The van der Waals surface area contributed by atoms with Gasteiger partial charge >= 0.3 is 5.97 Å². The van der Waals surface area contributed by atoms with Gasteiger partial charge in [0.2, 0.25) is 5.75 Å². The smallest absolute Gasteiger partial charge is 0.310 e. The third kappa shape index (κ3) is 5.28. The number of esters is 1. The summed E-state index contributed by atoms with van der Waals surface area (Å²) < 4.78 is 20.8. The van der Waals surface area contributed by atoms with E-state index in [1.807, 2.05) is 0 Å². The maximum Gasteiger partial charge on any atom is 0.310 e. The minimum atomic E-state index is -0.572. The van der Waals surface area contributed by atoms with E-state index in [2.05, 4.69) is 0 Å². The first-order valence-corrected chi connectivity index (χ1v) is 8.58. The van der Waals surface area contributed by atoms with Crippen molar-refractivity contribution in [3.63, 3.8) is 0 Å².